The van der Waals surface area contributed by atoms with Crippen LogP contribution in [-0.4, -0.2) is 11.3 Å². The first-order valence-corrected chi connectivity index (χ1v) is 10.4. The van der Waals surface area contributed by atoms with Gasteiger partial charge in [0.25, 0.3) is 0 Å². The molecule has 1 heteroatoms. The molecule has 0 spiro atoms. The summed E-state index contributed by atoms with van der Waals surface area (Å²) in [5, 5.41) is 1.76. The molecule has 0 bridgehead atoms. The van der Waals surface area contributed by atoms with Crippen LogP contribution in [0.5, 0.6) is 0 Å². The quantitative estimate of drug-likeness (QED) is 0.644. The monoisotopic (exact) mass is 289 g/mol. The van der Waals surface area contributed by atoms with E-state index in [0.717, 1.165) is 11.3 Å². The molecule has 2 saturated carbocycles. The number of rotatable bonds is 3. The first-order valence-electron chi connectivity index (χ1n) is 8.78. The van der Waals surface area contributed by atoms with Gasteiger partial charge < -0.3 is 0 Å². The van der Waals surface area contributed by atoms with Crippen LogP contribution in [0.2, 0.25) is 0 Å². The number of hydrogen-bond acceptors (Lipinski definition) is 0. The molecule has 0 amide bonds. The maximum atomic E-state index is 2.53. The molecule has 2 fully saturated rings. The van der Waals surface area contributed by atoms with Crippen molar-refractivity contribution in [2.24, 2.45) is 0 Å². The zero-order valence-electron chi connectivity index (χ0n) is 13.0. The van der Waals surface area contributed by atoms with E-state index < -0.39 is 0 Å². The lowest BCUT2D eigenvalue weighted by Crippen LogP contribution is -2.26. The lowest BCUT2D eigenvalue weighted by molar-refractivity contribution is 0.487. The second-order valence-corrected chi connectivity index (χ2v) is 10.1. The van der Waals surface area contributed by atoms with Gasteiger partial charge in [0.05, 0.1) is 16.6 Å². The van der Waals surface area contributed by atoms with E-state index in [9.17, 15) is 0 Å². The molecule has 0 aliphatic heterocycles. The molecule has 0 heterocycles. The third kappa shape index (κ3) is 3.45. The van der Waals surface area contributed by atoms with Crippen molar-refractivity contribution in [3.63, 3.8) is 0 Å². The van der Waals surface area contributed by atoms with Gasteiger partial charge in [0.1, 0.15) is 0 Å². The molecule has 0 aromatic heterocycles. The molecule has 110 valence electrons. The van der Waals surface area contributed by atoms with E-state index in [4.69, 9.17) is 0 Å². The molecule has 0 radical (unpaired) electrons. The Labute approximate surface area is 126 Å². The van der Waals surface area contributed by atoms with Crippen LogP contribution in [0.3, 0.4) is 0 Å². The molecule has 0 N–H and O–H groups in total. The standard InChI is InChI=1S/C19H29P/c1-16-9-8-14-19(15-16)20(17-10-4-2-5-11-17)18-12-6-3-7-13-18/h8-9,14-15,17-18H,2-7,10-13H2,1H3/p+1. The first kappa shape index (κ1) is 14.6. The zero-order valence-corrected chi connectivity index (χ0v) is 14.0. The Kier molecular flexibility index (Phi) is 5.16. The molecule has 2 aliphatic rings. The Morgan fingerprint density at radius 1 is 0.800 bits per heavy atom. The van der Waals surface area contributed by atoms with Gasteiger partial charge in [-0.05, 0) is 76.0 Å². The van der Waals surface area contributed by atoms with E-state index in [2.05, 4.69) is 31.2 Å². The highest BCUT2D eigenvalue weighted by Crippen LogP contribution is 2.54. The molecule has 0 nitrogen and oxygen atoms in total. The minimum Gasteiger partial charge on any atom is -0.0590 e. The van der Waals surface area contributed by atoms with Crippen molar-refractivity contribution in [3.8, 4) is 0 Å². The third-order valence-electron chi connectivity index (χ3n) is 5.44. The van der Waals surface area contributed by atoms with Crippen LogP contribution >= 0.6 is 7.92 Å². The van der Waals surface area contributed by atoms with Crippen LogP contribution in [0.25, 0.3) is 0 Å². The van der Waals surface area contributed by atoms with Crippen molar-refractivity contribution in [2.45, 2.75) is 82.4 Å². The van der Waals surface area contributed by atoms with Crippen LogP contribution in [-0.2, 0) is 0 Å². The highest BCUT2D eigenvalue weighted by atomic mass is 31.1. The summed E-state index contributed by atoms with van der Waals surface area (Å²) in [6.07, 6.45) is 15.1. The maximum absolute atomic E-state index is 2.53. The number of benzene rings is 1. The molecular weight excluding hydrogens is 259 g/mol. The molecular formula is C19H30P+. The average Bonchev–Trinajstić information content (AvgIpc) is 2.50. The Morgan fingerprint density at radius 3 is 1.85 bits per heavy atom. The summed E-state index contributed by atoms with van der Waals surface area (Å²) in [7, 11) is -0.346. The van der Waals surface area contributed by atoms with Crippen LogP contribution in [0, 0.1) is 6.92 Å². The van der Waals surface area contributed by atoms with Crippen molar-refractivity contribution in [2.75, 3.05) is 0 Å². The van der Waals surface area contributed by atoms with Crippen LogP contribution < -0.4 is 5.30 Å². The van der Waals surface area contributed by atoms with E-state index in [-0.39, 0.29) is 7.92 Å². The molecule has 1 aromatic carbocycles. The predicted molar refractivity (Wildman–Crippen MR) is 92.9 cm³/mol. The van der Waals surface area contributed by atoms with Gasteiger partial charge in [-0.15, -0.1) is 0 Å². The average molecular weight is 289 g/mol. The van der Waals surface area contributed by atoms with Gasteiger partial charge in [0.2, 0.25) is 0 Å². The largest absolute Gasteiger partial charge is 0.0923 e. The summed E-state index contributed by atoms with van der Waals surface area (Å²) in [5.41, 5.74) is 3.61. The summed E-state index contributed by atoms with van der Waals surface area (Å²) in [6, 6.07) is 9.56. The van der Waals surface area contributed by atoms with E-state index in [1.807, 2.05) is 0 Å². The van der Waals surface area contributed by atoms with Gasteiger partial charge in [-0.3, -0.25) is 0 Å². The second-order valence-electron chi connectivity index (χ2n) is 6.99. The van der Waals surface area contributed by atoms with Crippen LogP contribution in [0.4, 0.5) is 0 Å². The minimum absolute atomic E-state index is 0.346. The number of aryl methyl sites for hydroxylation is 1. The van der Waals surface area contributed by atoms with Crippen molar-refractivity contribution in [1.82, 2.24) is 0 Å². The van der Waals surface area contributed by atoms with E-state index in [1.165, 1.54) is 69.8 Å². The van der Waals surface area contributed by atoms with Gasteiger partial charge in [-0.1, -0.05) is 25.0 Å². The van der Waals surface area contributed by atoms with Crippen molar-refractivity contribution in [3.05, 3.63) is 29.8 Å². The second kappa shape index (κ2) is 7.08. The smallest absolute Gasteiger partial charge is 0.0590 e. The van der Waals surface area contributed by atoms with Crippen LogP contribution in [0.1, 0.15) is 69.8 Å². The predicted octanol–water partition coefficient (Wildman–Crippen LogP) is 5.50. The molecule has 20 heavy (non-hydrogen) atoms. The molecule has 1 aromatic rings. The van der Waals surface area contributed by atoms with Gasteiger partial charge in [0.15, 0.2) is 0 Å². The molecule has 2 aliphatic carbocycles. The molecule has 0 unspecified atom stereocenters. The van der Waals surface area contributed by atoms with E-state index in [1.54, 1.807) is 5.30 Å². The maximum Gasteiger partial charge on any atom is 0.0923 e. The Morgan fingerprint density at radius 2 is 1.35 bits per heavy atom. The van der Waals surface area contributed by atoms with E-state index in [0.29, 0.717) is 0 Å². The lowest BCUT2D eigenvalue weighted by atomic mass is 9.99. The lowest BCUT2D eigenvalue weighted by Gasteiger charge is -2.32. The highest BCUT2D eigenvalue weighted by Gasteiger charge is 2.38. The Bertz CT molecular complexity index is 396. The SMILES string of the molecule is Cc1cccc([PH+](C2CCCCC2)C2CCCCC2)c1. The zero-order chi connectivity index (χ0) is 13.8. The summed E-state index contributed by atoms with van der Waals surface area (Å²) in [6.45, 7) is 2.27. The van der Waals surface area contributed by atoms with Gasteiger partial charge >= 0.3 is 0 Å². The topological polar surface area (TPSA) is 0 Å². The fourth-order valence-electron chi connectivity index (χ4n) is 4.46. The molecule has 0 atom stereocenters. The first-order chi connectivity index (χ1) is 9.84. The number of hydrogen-bond donors (Lipinski definition) is 0. The summed E-state index contributed by atoms with van der Waals surface area (Å²) >= 11 is 0. The highest BCUT2D eigenvalue weighted by molar-refractivity contribution is 7.67. The Hall–Kier alpha value is -0.350. The Balaban J connectivity index is 1.85. The van der Waals surface area contributed by atoms with E-state index >= 15 is 0 Å². The van der Waals surface area contributed by atoms with Crippen molar-refractivity contribution >= 4 is 13.2 Å². The normalized spacial score (nSPS) is 22.3. The molecule has 3 rings (SSSR count). The fourth-order valence-corrected chi connectivity index (χ4v) is 8.81. The summed E-state index contributed by atoms with van der Waals surface area (Å²) < 4.78 is 0. The summed E-state index contributed by atoms with van der Waals surface area (Å²) in [4.78, 5) is 0. The third-order valence-corrected chi connectivity index (χ3v) is 9.33. The summed E-state index contributed by atoms with van der Waals surface area (Å²) in [5.74, 6) is 0. The van der Waals surface area contributed by atoms with Gasteiger partial charge in [-0.25, -0.2) is 0 Å². The van der Waals surface area contributed by atoms with Gasteiger partial charge in [-0.2, -0.15) is 0 Å². The van der Waals surface area contributed by atoms with Crippen molar-refractivity contribution in [1.29, 1.82) is 0 Å². The van der Waals surface area contributed by atoms with Crippen LogP contribution in [0.15, 0.2) is 24.3 Å². The van der Waals surface area contributed by atoms with Gasteiger partial charge in [0, 0.05) is 7.92 Å². The minimum atomic E-state index is -0.346. The fraction of sp³-hybridized carbons (Fsp3) is 0.684. The van der Waals surface area contributed by atoms with Crippen molar-refractivity contribution < 1.29 is 0 Å². The molecule has 0 saturated heterocycles.